The summed E-state index contributed by atoms with van der Waals surface area (Å²) in [6.07, 6.45) is 1.80. The zero-order valence-corrected chi connectivity index (χ0v) is 13.8. The molecular weight excluding hydrogens is 290 g/mol. The molecule has 2 aromatic rings. The Hall–Kier alpha value is -2.28. The minimum atomic E-state index is 0.779. The highest BCUT2D eigenvalue weighted by Gasteiger charge is 2.15. The summed E-state index contributed by atoms with van der Waals surface area (Å²) in [7, 11) is 0. The van der Waals surface area contributed by atoms with Crippen molar-refractivity contribution in [1.29, 1.82) is 0 Å². The number of anilines is 1. The molecule has 7 heteroatoms. The van der Waals surface area contributed by atoms with Crippen LogP contribution in [0.4, 0.5) is 17.3 Å². The average Bonchev–Trinajstić information content (AvgIpc) is 3.03. The zero-order valence-electron chi connectivity index (χ0n) is 13.8. The van der Waals surface area contributed by atoms with Gasteiger partial charge in [-0.3, -0.25) is 0 Å². The van der Waals surface area contributed by atoms with Crippen molar-refractivity contribution in [2.24, 2.45) is 10.2 Å². The van der Waals surface area contributed by atoms with Gasteiger partial charge in [-0.05, 0) is 43.2 Å². The summed E-state index contributed by atoms with van der Waals surface area (Å²) >= 11 is 0. The molecule has 1 fully saturated rings. The maximum absolute atomic E-state index is 4.39. The van der Waals surface area contributed by atoms with Crippen LogP contribution in [0.15, 0.2) is 40.8 Å². The molecule has 0 radical (unpaired) electrons. The summed E-state index contributed by atoms with van der Waals surface area (Å²) in [5, 5.41) is 16.4. The molecule has 0 unspecified atom stereocenters. The lowest BCUT2D eigenvalue weighted by atomic mass is 10.2. The predicted octanol–water partition coefficient (Wildman–Crippen LogP) is 2.04. The van der Waals surface area contributed by atoms with Gasteiger partial charge in [0.1, 0.15) is 0 Å². The first-order chi connectivity index (χ1) is 11.3. The molecule has 1 N–H and O–H groups in total. The van der Waals surface area contributed by atoms with Crippen molar-refractivity contribution in [2.75, 3.05) is 31.1 Å². The maximum Gasteiger partial charge on any atom is 0.403 e. The van der Waals surface area contributed by atoms with Gasteiger partial charge in [-0.1, -0.05) is 5.11 Å². The van der Waals surface area contributed by atoms with Crippen molar-refractivity contribution < 1.29 is 4.57 Å². The number of hydrogen-bond acceptors (Lipinski definition) is 5. The summed E-state index contributed by atoms with van der Waals surface area (Å²) < 4.78 is 3.84. The first-order valence-corrected chi connectivity index (χ1v) is 8.24. The van der Waals surface area contributed by atoms with Crippen LogP contribution in [0.3, 0.4) is 0 Å². The number of rotatable bonds is 5. The average molecular weight is 314 g/mol. The summed E-state index contributed by atoms with van der Waals surface area (Å²) in [5.41, 5.74) is 2.10. The molecule has 0 bridgehead atoms. The number of hydrogen-bond donors (Lipinski definition) is 1. The summed E-state index contributed by atoms with van der Waals surface area (Å²) in [5.74, 6) is 0.779. The molecule has 1 aromatic heterocycles. The maximum atomic E-state index is 4.39. The second kappa shape index (κ2) is 7.32. The molecule has 23 heavy (non-hydrogen) atoms. The fraction of sp³-hybridized carbons (Fsp3) is 0.500. The van der Waals surface area contributed by atoms with E-state index in [0.29, 0.717) is 0 Å². The molecule has 0 saturated carbocycles. The van der Waals surface area contributed by atoms with Gasteiger partial charge in [0, 0.05) is 37.0 Å². The molecule has 122 valence electrons. The van der Waals surface area contributed by atoms with E-state index in [1.54, 1.807) is 6.33 Å². The van der Waals surface area contributed by atoms with Crippen LogP contribution >= 0.6 is 0 Å². The van der Waals surface area contributed by atoms with Gasteiger partial charge in [0.2, 0.25) is 6.33 Å². The van der Waals surface area contributed by atoms with Crippen molar-refractivity contribution in [1.82, 2.24) is 15.1 Å². The van der Waals surface area contributed by atoms with Gasteiger partial charge < -0.3 is 10.2 Å². The fourth-order valence-electron chi connectivity index (χ4n) is 2.69. The van der Waals surface area contributed by atoms with E-state index in [1.807, 2.05) is 28.3 Å². The smallest absolute Gasteiger partial charge is 0.369 e. The molecule has 0 atom stereocenters. The predicted molar refractivity (Wildman–Crippen MR) is 89.5 cm³/mol. The highest BCUT2D eigenvalue weighted by Crippen LogP contribution is 2.21. The van der Waals surface area contributed by atoms with Crippen molar-refractivity contribution in [3.8, 4) is 0 Å². The van der Waals surface area contributed by atoms with E-state index >= 15 is 0 Å². The van der Waals surface area contributed by atoms with E-state index in [1.165, 1.54) is 5.69 Å². The van der Waals surface area contributed by atoms with Gasteiger partial charge in [0.15, 0.2) is 0 Å². The Morgan fingerprint density at radius 1 is 1.13 bits per heavy atom. The van der Waals surface area contributed by atoms with E-state index in [9.17, 15) is 0 Å². The van der Waals surface area contributed by atoms with Crippen LogP contribution in [-0.2, 0) is 13.1 Å². The van der Waals surface area contributed by atoms with Crippen LogP contribution in [0.2, 0.25) is 0 Å². The van der Waals surface area contributed by atoms with Crippen molar-refractivity contribution >= 4 is 17.3 Å². The van der Waals surface area contributed by atoms with Crippen LogP contribution in [-0.4, -0.2) is 36.0 Å². The fourth-order valence-corrected chi connectivity index (χ4v) is 2.69. The van der Waals surface area contributed by atoms with Gasteiger partial charge in [-0.25, -0.2) is 4.57 Å². The second-order valence-corrected chi connectivity index (χ2v) is 5.49. The van der Waals surface area contributed by atoms with Crippen LogP contribution in [0.25, 0.3) is 0 Å². The van der Waals surface area contributed by atoms with Crippen molar-refractivity contribution in [3.05, 3.63) is 30.6 Å². The highest BCUT2D eigenvalue weighted by molar-refractivity contribution is 5.53. The van der Waals surface area contributed by atoms with E-state index in [2.05, 4.69) is 44.6 Å². The Bertz CT molecular complexity index is 632. The van der Waals surface area contributed by atoms with E-state index < -0.39 is 0 Å². The zero-order chi connectivity index (χ0) is 16.1. The van der Waals surface area contributed by atoms with Crippen LogP contribution in [0.1, 0.15) is 13.8 Å². The molecule has 0 aliphatic carbocycles. The molecule has 1 aliphatic rings. The lowest BCUT2D eigenvalue weighted by Gasteiger charge is -2.29. The molecule has 7 nitrogen and oxygen atoms in total. The van der Waals surface area contributed by atoms with Crippen LogP contribution in [0.5, 0.6) is 0 Å². The first kappa shape index (κ1) is 15.6. The number of benzene rings is 1. The van der Waals surface area contributed by atoms with Gasteiger partial charge in [-0.2, -0.15) is 0 Å². The monoisotopic (exact) mass is 314 g/mol. The van der Waals surface area contributed by atoms with Crippen molar-refractivity contribution in [2.45, 2.75) is 26.9 Å². The van der Waals surface area contributed by atoms with Gasteiger partial charge in [0.25, 0.3) is 0 Å². The summed E-state index contributed by atoms with van der Waals surface area (Å²) in [4.78, 5) is 2.38. The molecule has 1 saturated heterocycles. The van der Waals surface area contributed by atoms with E-state index in [0.717, 1.165) is 50.9 Å². The normalized spacial score (nSPS) is 15.5. The molecular formula is C16H24N7+. The Kier molecular flexibility index (Phi) is 4.97. The van der Waals surface area contributed by atoms with E-state index in [4.69, 9.17) is 0 Å². The Morgan fingerprint density at radius 2 is 1.87 bits per heavy atom. The second-order valence-electron chi connectivity index (χ2n) is 5.49. The Labute approximate surface area is 136 Å². The number of azo groups is 1. The summed E-state index contributed by atoms with van der Waals surface area (Å²) in [6.45, 7) is 9.91. The first-order valence-electron chi connectivity index (χ1n) is 8.24. The SMILES string of the molecule is CCn1nc[n+](CC)c1N=Nc1ccc(N2CCNCC2)cc1. The number of aromatic nitrogens is 3. The van der Waals surface area contributed by atoms with Crippen molar-refractivity contribution in [3.63, 3.8) is 0 Å². The molecule has 3 rings (SSSR count). The standard InChI is InChI=1S/C16H24N7/c1-3-21-13-18-23(4-2)16(21)20-19-14-5-7-15(8-6-14)22-11-9-17-10-12-22/h5-8,13,17H,3-4,9-12H2,1-2H3/q+1. The topological polar surface area (TPSA) is 61.7 Å². The third-order valence-electron chi connectivity index (χ3n) is 4.05. The van der Waals surface area contributed by atoms with E-state index in [-0.39, 0.29) is 0 Å². The third kappa shape index (κ3) is 3.56. The molecule has 2 heterocycles. The quantitative estimate of drug-likeness (QED) is 0.678. The minimum absolute atomic E-state index is 0.779. The number of nitrogens with zero attached hydrogens (tertiary/aromatic N) is 6. The number of nitrogens with one attached hydrogen (secondary N) is 1. The molecule has 0 amide bonds. The van der Waals surface area contributed by atoms with Gasteiger partial charge >= 0.3 is 5.95 Å². The van der Waals surface area contributed by atoms with Crippen LogP contribution < -0.4 is 14.8 Å². The molecule has 0 spiro atoms. The Balaban J connectivity index is 1.74. The summed E-state index contributed by atoms with van der Waals surface area (Å²) in [6, 6.07) is 8.27. The van der Waals surface area contributed by atoms with Gasteiger partial charge in [-0.15, -0.1) is 4.68 Å². The Morgan fingerprint density at radius 3 is 2.52 bits per heavy atom. The van der Waals surface area contributed by atoms with Gasteiger partial charge in [0.05, 0.1) is 18.8 Å². The number of aryl methyl sites for hydroxylation is 2. The molecule has 1 aliphatic heterocycles. The van der Waals surface area contributed by atoms with Crippen LogP contribution in [0, 0.1) is 0 Å². The minimum Gasteiger partial charge on any atom is -0.369 e. The molecule has 1 aromatic carbocycles. The lowest BCUT2D eigenvalue weighted by molar-refractivity contribution is -0.681. The number of piperazine rings is 1. The highest BCUT2D eigenvalue weighted by atomic mass is 15.4. The third-order valence-corrected chi connectivity index (χ3v) is 4.05. The largest absolute Gasteiger partial charge is 0.403 e. The lowest BCUT2D eigenvalue weighted by Crippen LogP contribution is -2.43.